The van der Waals surface area contributed by atoms with Gasteiger partial charge in [-0.3, -0.25) is 0 Å². The van der Waals surface area contributed by atoms with Crippen LogP contribution in [0.1, 0.15) is 5.56 Å². The molecule has 1 heterocycles. The van der Waals surface area contributed by atoms with Crippen LogP contribution in [0.25, 0.3) is 10.4 Å². The average molecular weight is 338 g/mol. The lowest BCUT2D eigenvalue weighted by atomic mass is 10.1. The molecular formula is C14H18N4O4S. The SMILES string of the molecule is CS(=O)(=O)N[C@H]1C=C[C@@H](N=[N+]=[N-])O[C@@H]1COCc1ccccc1. The molecule has 0 unspecified atom stereocenters. The maximum atomic E-state index is 11.4. The molecule has 1 aliphatic heterocycles. The third-order valence-electron chi connectivity index (χ3n) is 3.11. The number of ether oxygens (including phenoxy) is 2. The zero-order valence-corrected chi connectivity index (χ0v) is 13.4. The molecule has 3 atom stereocenters. The summed E-state index contributed by atoms with van der Waals surface area (Å²) in [5.74, 6) is 0. The first-order chi connectivity index (χ1) is 11.0. The molecule has 23 heavy (non-hydrogen) atoms. The monoisotopic (exact) mass is 338 g/mol. The van der Waals surface area contributed by atoms with E-state index in [1.54, 1.807) is 6.08 Å². The van der Waals surface area contributed by atoms with Gasteiger partial charge in [-0.15, -0.1) is 0 Å². The molecule has 2 rings (SSSR count). The highest BCUT2D eigenvalue weighted by Crippen LogP contribution is 2.16. The molecule has 1 aromatic carbocycles. The number of rotatable bonds is 7. The Morgan fingerprint density at radius 3 is 2.74 bits per heavy atom. The zero-order chi connectivity index (χ0) is 16.7. The standard InChI is InChI=1S/C14H18N4O4S/c1-23(19,20)17-12-7-8-14(16-18-15)22-13(12)10-21-9-11-5-3-2-4-6-11/h2-8,12-14,17H,9-10H2,1H3/t12-,13+,14-/m0/s1. The van der Waals surface area contributed by atoms with E-state index in [1.807, 2.05) is 30.3 Å². The third kappa shape index (κ3) is 6.01. The predicted molar refractivity (Wildman–Crippen MR) is 84.8 cm³/mol. The largest absolute Gasteiger partial charge is 0.374 e. The van der Waals surface area contributed by atoms with Gasteiger partial charge >= 0.3 is 0 Å². The normalized spacial score (nSPS) is 24.1. The molecule has 8 nitrogen and oxygen atoms in total. The Morgan fingerprint density at radius 2 is 2.09 bits per heavy atom. The molecule has 0 bridgehead atoms. The second-order valence-corrected chi connectivity index (χ2v) is 6.85. The summed E-state index contributed by atoms with van der Waals surface area (Å²) in [5.41, 5.74) is 9.48. The van der Waals surface area contributed by atoms with Crippen LogP contribution in [0, 0.1) is 0 Å². The maximum absolute atomic E-state index is 11.4. The van der Waals surface area contributed by atoms with E-state index in [0.29, 0.717) is 6.61 Å². The van der Waals surface area contributed by atoms with Crippen molar-refractivity contribution in [2.45, 2.75) is 25.0 Å². The van der Waals surface area contributed by atoms with E-state index < -0.39 is 28.4 Å². The Kier molecular flexibility index (Phi) is 6.14. The first-order valence-electron chi connectivity index (χ1n) is 6.95. The van der Waals surface area contributed by atoms with Crippen molar-refractivity contribution in [1.82, 2.24) is 4.72 Å². The summed E-state index contributed by atoms with van der Waals surface area (Å²) in [7, 11) is -3.40. The molecule has 0 amide bonds. The zero-order valence-electron chi connectivity index (χ0n) is 12.6. The van der Waals surface area contributed by atoms with Crippen LogP contribution in [0.3, 0.4) is 0 Å². The van der Waals surface area contributed by atoms with Gasteiger partial charge < -0.3 is 9.47 Å². The topological polar surface area (TPSA) is 113 Å². The van der Waals surface area contributed by atoms with Crippen LogP contribution in [-0.2, 0) is 26.1 Å². The number of sulfonamides is 1. The lowest BCUT2D eigenvalue weighted by Gasteiger charge is -2.30. The lowest BCUT2D eigenvalue weighted by Crippen LogP contribution is -2.48. The molecule has 1 aliphatic rings. The molecule has 0 radical (unpaired) electrons. The van der Waals surface area contributed by atoms with E-state index in [1.165, 1.54) is 6.08 Å². The van der Waals surface area contributed by atoms with Crippen molar-refractivity contribution in [1.29, 1.82) is 0 Å². The second-order valence-electron chi connectivity index (χ2n) is 5.07. The van der Waals surface area contributed by atoms with Crippen LogP contribution < -0.4 is 4.72 Å². The number of benzene rings is 1. The van der Waals surface area contributed by atoms with Gasteiger partial charge in [0, 0.05) is 4.91 Å². The van der Waals surface area contributed by atoms with Gasteiger partial charge in [-0.1, -0.05) is 47.6 Å². The van der Waals surface area contributed by atoms with Crippen LogP contribution in [0.2, 0.25) is 0 Å². The summed E-state index contributed by atoms with van der Waals surface area (Å²) in [6.45, 7) is 0.534. The number of nitrogens with one attached hydrogen (secondary N) is 1. The molecule has 1 aromatic rings. The fraction of sp³-hybridized carbons (Fsp3) is 0.429. The fourth-order valence-corrected chi connectivity index (χ4v) is 2.86. The van der Waals surface area contributed by atoms with E-state index in [9.17, 15) is 8.42 Å². The molecule has 0 aliphatic carbocycles. The van der Waals surface area contributed by atoms with Gasteiger partial charge in [-0.2, -0.15) is 0 Å². The van der Waals surface area contributed by atoms with Gasteiger partial charge in [0.05, 0.1) is 25.5 Å². The van der Waals surface area contributed by atoms with Crippen molar-refractivity contribution >= 4 is 10.0 Å². The van der Waals surface area contributed by atoms with Crippen LogP contribution >= 0.6 is 0 Å². The molecule has 0 spiro atoms. The minimum absolute atomic E-state index is 0.157. The first-order valence-corrected chi connectivity index (χ1v) is 8.84. The van der Waals surface area contributed by atoms with E-state index in [2.05, 4.69) is 14.7 Å². The molecule has 1 N–H and O–H groups in total. The summed E-state index contributed by atoms with van der Waals surface area (Å²) >= 11 is 0. The highest BCUT2D eigenvalue weighted by molar-refractivity contribution is 7.88. The van der Waals surface area contributed by atoms with Crippen LogP contribution in [0.15, 0.2) is 47.6 Å². The summed E-state index contributed by atoms with van der Waals surface area (Å²) in [6.07, 6.45) is 2.83. The van der Waals surface area contributed by atoms with Crippen LogP contribution in [-0.4, -0.2) is 39.7 Å². The summed E-state index contributed by atoms with van der Waals surface area (Å²) in [6, 6.07) is 9.00. The molecular weight excluding hydrogens is 320 g/mol. The minimum Gasteiger partial charge on any atom is -0.374 e. The van der Waals surface area contributed by atoms with Crippen molar-refractivity contribution in [2.24, 2.45) is 5.11 Å². The maximum Gasteiger partial charge on any atom is 0.209 e. The Hall–Kier alpha value is -1.90. The lowest BCUT2D eigenvalue weighted by molar-refractivity contribution is -0.0566. The van der Waals surface area contributed by atoms with E-state index >= 15 is 0 Å². The summed E-state index contributed by atoms with van der Waals surface area (Å²) in [5, 5.41) is 3.47. The van der Waals surface area contributed by atoms with Crippen molar-refractivity contribution in [2.75, 3.05) is 12.9 Å². The number of hydrogen-bond donors (Lipinski definition) is 1. The van der Waals surface area contributed by atoms with Crippen molar-refractivity contribution in [3.8, 4) is 0 Å². The first kappa shape index (κ1) is 17.5. The molecule has 0 aromatic heterocycles. The fourth-order valence-electron chi connectivity index (χ4n) is 2.14. The summed E-state index contributed by atoms with van der Waals surface area (Å²) in [4.78, 5) is 2.69. The molecule has 0 fully saturated rings. The predicted octanol–water partition coefficient (Wildman–Crippen LogP) is 1.71. The number of azide groups is 1. The van der Waals surface area contributed by atoms with Gasteiger partial charge in [0.15, 0.2) is 6.23 Å². The molecule has 0 saturated heterocycles. The quantitative estimate of drug-likeness (QED) is 0.353. The van der Waals surface area contributed by atoms with Crippen LogP contribution in [0.5, 0.6) is 0 Å². The summed E-state index contributed by atoms with van der Waals surface area (Å²) < 4.78 is 36.5. The molecule has 124 valence electrons. The van der Waals surface area contributed by atoms with E-state index in [-0.39, 0.29) is 6.61 Å². The van der Waals surface area contributed by atoms with Gasteiger partial charge in [-0.05, 0) is 11.1 Å². The highest BCUT2D eigenvalue weighted by atomic mass is 32.2. The van der Waals surface area contributed by atoms with Gasteiger partial charge in [0.1, 0.15) is 6.10 Å². The van der Waals surface area contributed by atoms with Crippen molar-refractivity contribution in [3.05, 3.63) is 58.5 Å². The van der Waals surface area contributed by atoms with Crippen molar-refractivity contribution in [3.63, 3.8) is 0 Å². The van der Waals surface area contributed by atoms with Gasteiger partial charge in [-0.25, -0.2) is 13.1 Å². The Morgan fingerprint density at radius 1 is 1.35 bits per heavy atom. The minimum atomic E-state index is -3.40. The van der Waals surface area contributed by atoms with Crippen molar-refractivity contribution < 1.29 is 17.9 Å². The highest BCUT2D eigenvalue weighted by Gasteiger charge is 2.29. The van der Waals surface area contributed by atoms with Gasteiger partial charge in [0.25, 0.3) is 0 Å². The molecule has 9 heteroatoms. The van der Waals surface area contributed by atoms with Gasteiger partial charge in [0.2, 0.25) is 10.0 Å². The number of hydrogen-bond acceptors (Lipinski definition) is 5. The second kappa shape index (κ2) is 8.09. The smallest absolute Gasteiger partial charge is 0.209 e. The third-order valence-corrected chi connectivity index (χ3v) is 3.81. The Bertz CT molecular complexity index is 686. The van der Waals surface area contributed by atoms with E-state index in [0.717, 1.165) is 11.8 Å². The average Bonchev–Trinajstić information content (AvgIpc) is 2.50. The molecule has 0 saturated carbocycles. The Labute approximate surface area is 134 Å². The Balaban J connectivity index is 1.99. The van der Waals surface area contributed by atoms with E-state index in [4.69, 9.17) is 15.0 Å². The number of nitrogens with zero attached hydrogens (tertiary/aromatic N) is 3. The van der Waals surface area contributed by atoms with Crippen LogP contribution in [0.4, 0.5) is 0 Å².